The molecule has 6 nitrogen and oxygen atoms in total. The summed E-state index contributed by atoms with van der Waals surface area (Å²) in [6.07, 6.45) is 4.64. The molecule has 4 rings (SSSR count). The highest BCUT2D eigenvalue weighted by Crippen LogP contribution is 2.24. The fourth-order valence-corrected chi connectivity index (χ4v) is 4.02. The van der Waals surface area contributed by atoms with Gasteiger partial charge in [-0.05, 0) is 49.9 Å². The maximum atomic E-state index is 12.9. The number of carbonyl (C=O) groups is 1. The number of aromatic nitrogens is 2. The molecule has 1 atom stereocenters. The average molecular weight is 445 g/mol. The van der Waals surface area contributed by atoms with Crippen molar-refractivity contribution >= 4 is 11.7 Å². The van der Waals surface area contributed by atoms with E-state index in [1.165, 1.54) is 5.56 Å². The maximum Gasteiger partial charge on any atom is 0.225 e. The third-order valence-corrected chi connectivity index (χ3v) is 5.93. The largest absolute Gasteiger partial charge is 0.494 e. The summed E-state index contributed by atoms with van der Waals surface area (Å²) in [5, 5.41) is 3.11. The third-order valence-electron chi connectivity index (χ3n) is 5.93. The van der Waals surface area contributed by atoms with E-state index in [4.69, 9.17) is 9.72 Å². The van der Waals surface area contributed by atoms with E-state index in [-0.39, 0.29) is 11.8 Å². The Morgan fingerprint density at radius 3 is 2.67 bits per heavy atom. The maximum absolute atomic E-state index is 12.9. The second-order valence-electron chi connectivity index (χ2n) is 8.60. The first kappa shape index (κ1) is 22.8. The topological polar surface area (TPSA) is 67.3 Å². The first-order chi connectivity index (χ1) is 16.1. The minimum Gasteiger partial charge on any atom is -0.494 e. The summed E-state index contributed by atoms with van der Waals surface area (Å²) in [7, 11) is 0. The zero-order chi connectivity index (χ0) is 23.0. The first-order valence-corrected chi connectivity index (χ1v) is 11.8. The quantitative estimate of drug-likeness (QED) is 0.542. The lowest BCUT2D eigenvalue weighted by Gasteiger charge is -2.33. The fraction of sp³-hybridized carbons (Fsp3) is 0.370. The molecule has 1 fully saturated rings. The number of benzene rings is 2. The van der Waals surface area contributed by atoms with Crippen molar-refractivity contribution in [2.45, 2.75) is 39.7 Å². The molecular formula is C27H32N4O2. The molecule has 1 amide bonds. The molecule has 2 heterocycles. The van der Waals surface area contributed by atoms with Gasteiger partial charge in [0.05, 0.1) is 12.5 Å². The molecule has 0 radical (unpaired) electrons. The normalized spacial score (nSPS) is 15.8. The zero-order valence-corrected chi connectivity index (χ0v) is 19.5. The van der Waals surface area contributed by atoms with Crippen LogP contribution in [0.2, 0.25) is 0 Å². The molecule has 1 N–H and O–H groups in total. The van der Waals surface area contributed by atoms with E-state index in [1.54, 1.807) is 6.20 Å². The molecule has 0 saturated carbocycles. The Morgan fingerprint density at radius 2 is 1.91 bits per heavy atom. The minimum atomic E-state index is -0.0521. The predicted octanol–water partition coefficient (Wildman–Crippen LogP) is 4.77. The van der Waals surface area contributed by atoms with Crippen molar-refractivity contribution in [2.24, 2.45) is 5.92 Å². The lowest BCUT2D eigenvalue weighted by Crippen LogP contribution is -2.43. The van der Waals surface area contributed by atoms with Gasteiger partial charge in [0.1, 0.15) is 11.6 Å². The summed E-state index contributed by atoms with van der Waals surface area (Å²) < 4.78 is 5.62. The lowest BCUT2D eigenvalue weighted by atomic mass is 9.97. The molecule has 0 bridgehead atoms. The van der Waals surface area contributed by atoms with Crippen LogP contribution >= 0.6 is 0 Å². The molecule has 0 aliphatic carbocycles. The summed E-state index contributed by atoms with van der Waals surface area (Å²) >= 11 is 0. The van der Waals surface area contributed by atoms with Crippen LogP contribution in [0, 0.1) is 12.8 Å². The number of anilines is 1. The van der Waals surface area contributed by atoms with Crippen LogP contribution in [-0.2, 0) is 11.3 Å². The van der Waals surface area contributed by atoms with Crippen LogP contribution in [0.5, 0.6) is 5.75 Å². The van der Waals surface area contributed by atoms with Gasteiger partial charge in [-0.3, -0.25) is 4.79 Å². The number of carbonyl (C=O) groups excluding carboxylic acids is 1. The molecule has 1 aliphatic rings. The Hall–Kier alpha value is -3.41. The molecule has 0 unspecified atom stereocenters. The molecular weight excluding hydrogens is 412 g/mol. The van der Waals surface area contributed by atoms with Gasteiger partial charge in [0.25, 0.3) is 0 Å². The zero-order valence-electron chi connectivity index (χ0n) is 19.5. The van der Waals surface area contributed by atoms with E-state index >= 15 is 0 Å². The highest BCUT2D eigenvalue weighted by atomic mass is 16.5. The van der Waals surface area contributed by atoms with Crippen molar-refractivity contribution in [1.29, 1.82) is 0 Å². The molecule has 1 aliphatic heterocycles. The summed E-state index contributed by atoms with van der Waals surface area (Å²) in [4.78, 5) is 24.3. The lowest BCUT2D eigenvalue weighted by molar-refractivity contribution is -0.125. The number of rotatable bonds is 8. The highest BCUT2D eigenvalue weighted by molar-refractivity contribution is 5.79. The molecule has 1 saturated heterocycles. The van der Waals surface area contributed by atoms with E-state index < -0.39 is 0 Å². The van der Waals surface area contributed by atoms with Crippen LogP contribution in [0.3, 0.4) is 0 Å². The Balaban J connectivity index is 1.35. The van der Waals surface area contributed by atoms with E-state index in [0.717, 1.165) is 48.5 Å². The fourth-order valence-electron chi connectivity index (χ4n) is 4.02. The van der Waals surface area contributed by atoms with Crippen molar-refractivity contribution < 1.29 is 9.53 Å². The Labute approximate surface area is 196 Å². The summed E-state index contributed by atoms with van der Waals surface area (Å²) in [6, 6.07) is 18.1. The van der Waals surface area contributed by atoms with Crippen LogP contribution in [0.15, 0.2) is 60.8 Å². The molecule has 3 aromatic rings. The van der Waals surface area contributed by atoms with Crippen molar-refractivity contribution in [3.05, 3.63) is 71.9 Å². The number of amides is 1. The number of nitrogens with zero attached hydrogens (tertiary/aromatic N) is 3. The van der Waals surface area contributed by atoms with Crippen LogP contribution in [0.25, 0.3) is 11.4 Å². The van der Waals surface area contributed by atoms with Gasteiger partial charge in [-0.25, -0.2) is 9.97 Å². The predicted molar refractivity (Wildman–Crippen MR) is 131 cm³/mol. The smallest absolute Gasteiger partial charge is 0.225 e. The highest BCUT2D eigenvalue weighted by Gasteiger charge is 2.26. The number of hydrogen-bond donors (Lipinski definition) is 1. The van der Waals surface area contributed by atoms with Crippen molar-refractivity contribution in [3.8, 4) is 17.1 Å². The van der Waals surface area contributed by atoms with Gasteiger partial charge in [0, 0.05) is 31.4 Å². The van der Waals surface area contributed by atoms with E-state index in [1.807, 2.05) is 42.5 Å². The van der Waals surface area contributed by atoms with Gasteiger partial charge >= 0.3 is 0 Å². The van der Waals surface area contributed by atoms with E-state index in [9.17, 15) is 4.79 Å². The average Bonchev–Trinajstić information content (AvgIpc) is 2.87. The number of ether oxygens (including phenoxy) is 1. The number of piperidine rings is 1. The Morgan fingerprint density at radius 1 is 1.12 bits per heavy atom. The molecule has 33 heavy (non-hydrogen) atoms. The summed E-state index contributed by atoms with van der Waals surface area (Å²) in [5.41, 5.74) is 3.28. The van der Waals surface area contributed by atoms with Crippen molar-refractivity contribution in [3.63, 3.8) is 0 Å². The van der Waals surface area contributed by atoms with Crippen molar-refractivity contribution in [1.82, 2.24) is 15.3 Å². The molecule has 6 heteroatoms. The number of hydrogen-bond acceptors (Lipinski definition) is 5. The minimum absolute atomic E-state index is 0.0521. The van der Waals surface area contributed by atoms with Crippen LogP contribution in [0.1, 0.15) is 37.3 Å². The summed E-state index contributed by atoms with van der Waals surface area (Å²) in [5.74, 6) is 2.50. The Bertz CT molecular complexity index is 1050. The summed E-state index contributed by atoms with van der Waals surface area (Å²) in [6.45, 7) is 6.95. The second kappa shape index (κ2) is 10.9. The van der Waals surface area contributed by atoms with Gasteiger partial charge in [0.2, 0.25) is 5.91 Å². The molecule has 2 aromatic carbocycles. The van der Waals surface area contributed by atoms with E-state index in [0.29, 0.717) is 25.5 Å². The van der Waals surface area contributed by atoms with E-state index in [2.05, 4.69) is 41.2 Å². The molecule has 172 valence electrons. The Kier molecular flexibility index (Phi) is 7.55. The van der Waals surface area contributed by atoms with Crippen LogP contribution in [0.4, 0.5) is 5.82 Å². The van der Waals surface area contributed by atoms with Gasteiger partial charge in [-0.1, -0.05) is 48.9 Å². The number of nitrogens with one attached hydrogen (secondary N) is 1. The first-order valence-electron chi connectivity index (χ1n) is 11.8. The molecule has 0 spiro atoms. The standard InChI is InChI=1S/C27H32N4O2/c1-3-17-33-24-12-8-21(9-13-24)18-29-27(32)23-5-4-16-31(19-23)25-14-15-28-26(30-25)22-10-6-20(2)7-11-22/h6-15,23H,3-5,16-19H2,1-2H3,(H,29,32)/t23-/m1/s1. The van der Waals surface area contributed by atoms with Gasteiger partial charge in [-0.15, -0.1) is 0 Å². The SMILES string of the molecule is CCCOc1ccc(CNC(=O)[C@@H]2CCCN(c3ccnc(-c4ccc(C)cc4)n3)C2)cc1. The van der Waals surface area contributed by atoms with Gasteiger partial charge < -0.3 is 15.0 Å². The third kappa shape index (κ3) is 6.09. The van der Waals surface area contributed by atoms with Crippen LogP contribution in [-0.4, -0.2) is 35.6 Å². The van der Waals surface area contributed by atoms with Crippen LogP contribution < -0.4 is 15.0 Å². The number of aryl methyl sites for hydroxylation is 1. The molecule has 1 aromatic heterocycles. The second-order valence-corrected chi connectivity index (χ2v) is 8.60. The van der Waals surface area contributed by atoms with Gasteiger partial charge in [0.15, 0.2) is 5.82 Å². The van der Waals surface area contributed by atoms with Crippen molar-refractivity contribution in [2.75, 3.05) is 24.6 Å². The monoisotopic (exact) mass is 444 g/mol. The van der Waals surface area contributed by atoms with Gasteiger partial charge in [-0.2, -0.15) is 0 Å².